The van der Waals surface area contributed by atoms with Gasteiger partial charge in [0.2, 0.25) is 11.8 Å². The summed E-state index contributed by atoms with van der Waals surface area (Å²) in [6.07, 6.45) is -2.07. The van der Waals surface area contributed by atoms with E-state index in [9.17, 15) is 34.1 Å². The van der Waals surface area contributed by atoms with E-state index < -0.39 is 73.6 Å². The predicted molar refractivity (Wildman–Crippen MR) is 157 cm³/mol. The van der Waals surface area contributed by atoms with E-state index in [2.05, 4.69) is 25.7 Å². The van der Waals surface area contributed by atoms with Crippen LogP contribution in [0.5, 0.6) is 0 Å². The fourth-order valence-electron chi connectivity index (χ4n) is 4.12. The standard InChI is InChI=1S/C29H39BN4O9/c1-17(2)14-23(30(41)43-29(40)20(15-24(36)31-4)16-25(37)42-5)33-28(39)26(18(3)35)34-27(38)22-13-9-12-21(32-22)19-10-7-6-8-11-19/h6-13,17-18,20,23,26,35,41H,14-16H2,1-5H3,(H,31,36)(H,33,39)(H,34,38)/t18-,20?,23+,26+/m1/s1. The zero-order valence-corrected chi connectivity index (χ0v) is 24.9. The smallest absolute Gasteiger partial charge is 0.508 e. The average molecular weight is 598 g/mol. The van der Waals surface area contributed by atoms with Crippen LogP contribution >= 0.6 is 0 Å². The van der Waals surface area contributed by atoms with Gasteiger partial charge in [0.1, 0.15) is 11.7 Å². The summed E-state index contributed by atoms with van der Waals surface area (Å²) in [5.74, 6) is -6.41. The number of amides is 3. The number of aliphatic hydroxyl groups excluding tert-OH is 1. The van der Waals surface area contributed by atoms with Gasteiger partial charge in [-0.15, -0.1) is 0 Å². The van der Waals surface area contributed by atoms with Gasteiger partial charge in [0, 0.05) is 19.0 Å². The molecule has 232 valence electrons. The summed E-state index contributed by atoms with van der Waals surface area (Å²) in [6.45, 7) is 4.92. The van der Waals surface area contributed by atoms with Gasteiger partial charge < -0.3 is 35.5 Å². The first-order chi connectivity index (χ1) is 20.4. The lowest BCUT2D eigenvalue weighted by Crippen LogP contribution is -2.58. The van der Waals surface area contributed by atoms with E-state index in [1.807, 2.05) is 30.3 Å². The third kappa shape index (κ3) is 11.1. The molecule has 0 fully saturated rings. The van der Waals surface area contributed by atoms with Crippen LogP contribution in [0.4, 0.5) is 0 Å². The van der Waals surface area contributed by atoms with Gasteiger partial charge in [-0.25, -0.2) is 4.98 Å². The number of nitrogens with one attached hydrogen (secondary N) is 3. The zero-order chi connectivity index (χ0) is 32.1. The summed E-state index contributed by atoms with van der Waals surface area (Å²) in [5, 5.41) is 28.5. The first-order valence-electron chi connectivity index (χ1n) is 13.8. The molecule has 5 N–H and O–H groups in total. The Morgan fingerprint density at radius 2 is 1.63 bits per heavy atom. The summed E-state index contributed by atoms with van der Waals surface area (Å²) in [6, 6.07) is 12.6. The molecule has 0 saturated heterocycles. The molecule has 1 aromatic heterocycles. The topological polar surface area (TPSA) is 193 Å². The van der Waals surface area contributed by atoms with Crippen molar-refractivity contribution in [3.8, 4) is 11.3 Å². The van der Waals surface area contributed by atoms with Crippen molar-refractivity contribution in [2.45, 2.75) is 58.1 Å². The Kier molecular flexibility index (Phi) is 13.8. The first kappa shape index (κ1) is 34.9. The van der Waals surface area contributed by atoms with Crippen LogP contribution < -0.4 is 16.0 Å². The Balaban J connectivity index is 2.18. The molecule has 0 radical (unpaired) electrons. The molecule has 0 aliphatic carbocycles. The lowest BCUT2D eigenvalue weighted by molar-refractivity contribution is -0.150. The number of hydrogen-bond acceptors (Lipinski definition) is 10. The van der Waals surface area contributed by atoms with Gasteiger partial charge >= 0.3 is 13.1 Å². The van der Waals surface area contributed by atoms with Crippen molar-refractivity contribution in [1.82, 2.24) is 20.9 Å². The second-order valence-corrected chi connectivity index (χ2v) is 10.4. The van der Waals surface area contributed by atoms with Crippen molar-refractivity contribution < 1.29 is 43.5 Å². The van der Waals surface area contributed by atoms with Crippen molar-refractivity contribution in [3.63, 3.8) is 0 Å². The maximum atomic E-state index is 13.3. The fraction of sp³-hybridized carbons (Fsp3) is 0.448. The molecule has 1 heterocycles. The largest absolute Gasteiger partial charge is 0.548 e. The van der Waals surface area contributed by atoms with Gasteiger partial charge in [0.05, 0.1) is 37.2 Å². The first-order valence-corrected chi connectivity index (χ1v) is 13.8. The molecule has 4 atom stereocenters. The number of esters is 1. The highest BCUT2D eigenvalue weighted by atomic mass is 16.6. The monoisotopic (exact) mass is 598 g/mol. The van der Waals surface area contributed by atoms with Gasteiger partial charge in [-0.1, -0.05) is 50.2 Å². The molecule has 2 rings (SSSR count). The van der Waals surface area contributed by atoms with Crippen molar-refractivity contribution in [3.05, 3.63) is 54.2 Å². The van der Waals surface area contributed by atoms with E-state index in [1.165, 1.54) is 20.0 Å². The minimum absolute atomic E-state index is 0.0141. The van der Waals surface area contributed by atoms with Crippen LogP contribution in [0.2, 0.25) is 0 Å². The Labute approximate surface area is 250 Å². The summed E-state index contributed by atoms with van der Waals surface area (Å²) < 4.78 is 9.75. The SMILES string of the molecule is CNC(=O)CC(CC(=O)OC)C(=O)OB(O)[C@H](CC(C)C)NC(=O)[C@@H](NC(=O)c1cccc(-c2ccccc2)n1)[C@@H](C)O. The van der Waals surface area contributed by atoms with Gasteiger partial charge in [0.25, 0.3) is 11.9 Å². The van der Waals surface area contributed by atoms with Crippen LogP contribution in [0.3, 0.4) is 0 Å². The van der Waals surface area contributed by atoms with Gasteiger partial charge in [0.15, 0.2) is 0 Å². The van der Waals surface area contributed by atoms with Crippen LogP contribution in [-0.4, -0.2) is 84.1 Å². The van der Waals surface area contributed by atoms with E-state index >= 15 is 0 Å². The summed E-state index contributed by atoms with van der Waals surface area (Å²) in [4.78, 5) is 67.1. The fourth-order valence-corrected chi connectivity index (χ4v) is 4.12. The molecule has 13 nitrogen and oxygen atoms in total. The second-order valence-electron chi connectivity index (χ2n) is 10.4. The second kappa shape index (κ2) is 17.0. The van der Waals surface area contributed by atoms with Crippen molar-refractivity contribution in [1.29, 1.82) is 0 Å². The molecule has 43 heavy (non-hydrogen) atoms. The highest BCUT2D eigenvalue weighted by Crippen LogP contribution is 2.17. The van der Waals surface area contributed by atoms with Crippen LogP contribution in [0.1, 0.15) is 50.5 Å². The Hall–Kier alpha value is -4.30. The summed E-state index contributed by atoms with van der Waals surface area (Å²) >= 11 is 0. The third-order valence-corrected chi connectivity index (χ3v) is 6.42. The highest BCUT2D eigenvalue weighted by molar-refractivity contribution is 6.47. The normalized spacial score (nSPS) is 13.6. The number of aliphatic hydroxyl groups is 1. The average Bonchev–Trinajstić information content (AvgIpc) is 2.98. The molecule has 0 aliphatic rings. The summed E-state index contributed by atoms with van der Waals surface area (Å²) in [5.41, 5.74) is 1.33. The number of carbonyl (C=O) groups excluding carboxylic acids is 5. The van der Waals surface area contributed by atoms with Crippen LogP contribution in [0, 0.1) is 11.8 Å². The Bertz CT molecular complexity index is 1240. The van der Waals surface area contributed by atoms with Crippen molar-refractivity contribution >= 4 is 36.8 Å². The van der Waals surface area contributed by atoms with Crippen LogP contribution in [0.15, 0.2) is 48.5 Å². The number of carbonyl (C=O) groups is 5. The van der Waals surface area contributed by atoms with E-state index in [0.717, 1.165) is 12.7 Å². The summed E-state index contributed by atoms with van der Waals surface area (Å²) in [7, 11) is 0.610. The number of pyridine rings is 1. The van der Waals surface area contributed by atoms with Crippen LogP contribution in [-0.2, 0) is 28.6 Å². The van der Waals surface area contributed by atoms with Gasteiger partial charge in [-0.3, -0.25) is 24.0 Å². The van der Waals surface area contributed by atoms with Gasteiger partial charge in [-0.05, 0) is 31.4 Å². The lowest BCUT2D eigenvalue weighted by Gasteiger charge is -2.27. The number of ether oxygens (including phenoxy) is 1. The number of hydrogen-bond donors (Lipinski definition) is 5. The minimum atomic E-state index is -1.88. The molecule has 0 spiro atoms. The molecule has 0 bridgehead atoms. The molecule has 0 aliphatic heterocycles. The minimum Gasteiger partial charge on any atom is -0.508 e. The molecule has 1 unspecified atom stereocenters. The third-order valence-electron chi connectivity index (χ3n) is 6.42. The van der Waals surface area contributed by atoms with Gasteiger partial charge in [-0.2, -0.15) is 0 Å². The number of rotatable bonds is 15. The molecule has 1 aromatic carbocycles. The number of methoxy groups -OCH3 is 1. The van der Waals surface area contributed by atoms with E-state index in [4.69, 9.17) is 4.65 Å². The molecule has 14 heteroatoms. The predicted octanol–water partition coefficient (Wildman–Crippen LogP) is 0.637. The molecule has 2 aromatic rings. The van der Waals surface area contributed by atoms with E-state index in [1.54, 1.807) is 26.0 Å². The number of aromatic nitrogens is 1. The Morgan fingerprint density at radius 1 is 0.953 bits per heavy atom. The van der Waals surface area contributed by atoms with E-state index in [-0.39, 0.29) is 18.0 Å². The quantitative estimate of drug-likeness (QED) is 0.144. The maximum Gasteiger partial charge on any atom is 0.548 e. The molecular formula is C29H39BN4O9. The van der Waals surface area contributed by atoms with Crippen molar-refractivity contribution in [2.24, 2.45) is 11.8 Å². The highest BCUT2D eigenvalue weighted by Gasteiger charge is 2.38. The number of nitrogens with zero attached hydrogens (tertiary/aromatic N) is 1. The maximum absolute atomic E-state index is 13.3. The van der Waals surface area contributed by atoms with Crippen molar-refractivity contribution in [2.75, 3.05) is 14.2 Å². The molecule has 3 amide bonds. The lowest BCUT2D eigenvalue weighted by atomic mass is 9.74. The zero-order valence-electron chi connectivity index (χ0n) is 24.9. The van der Waals surface area contributed by atoms with Crippen LogP contribution in [0.25, 0.3) is 11.3 Å². The Morgan fingerprint density at radius 3 is 2.21 bits per heavy atom. The molecular weight excluding hydrogens is 559 g/mol. The molecule has 0 saturated carbocycles. The van der Waals surface area contributed by atoms with E-state index in [0.29, 0.717) is 5.69 Å². The number of benzene rings is 1.